The first-order valence-electron chi connectivity index (χ1n) is 6.71. The highest BCUT2D eigenvalue weighted by Gasteiger charge is 2.10. The number of para-hydroxylation sites is 1. The number of halogens is 1. The molecule has 0 aliphatic heterocycles. The van der Waals surface area contributed by atoms with Gasteiger partial charge in [0.15, 0.2) is 0 Å². The van der Waals surface area contributed by atoms with Crippen molar-refractivity contribution in [1.29, 1.82) is 0 Å². The van der Waals surface area contributed by atoms with Crippen molar-refractivity contribution in [2.75, 3.05) is 0 Å². The Labute approximate surface area is 127 Å². The van der Waals surface area contributed by atoms with Crippen molar-refractivity contribution in [3.63, 3.8) is 0 Å². The van der Waals surface area contributed by atoms with Gasteiger partial charge in [0.2, 0.25) is 0 Å². The van der Waals surface area contributed by atoms with E-state index in [0.717, 1.165) is 32.9 Å². The van der Waals surface area contributed by atoms with Crippen LogP contribution < -0.4 is 0 Å². The predicted octanol–water partition coefficient (Wildman–Crippen LogP) is 5.10. The highest BCUT2D eigenvalue weighted by molar-refractivity contribution is 6.31. The van der Waals surface area contributed by atoms with Gasteiger partial charge in [0.05, 0.1) is 11.2 Å². The quantitative estimate of drug-likeness (QED) is 0.456. The molecule has 2 aromatic carbocycles. The number of benzene rings is 2. The first-order valence-corrected chi connectivity index (χ1v) is 7.09. The molecule has 3 heteroatoms. The highest BCUT2D eigenvalue weighted by atomic mass is 35.5. The third kappa shape index (κ3) is 2.05. The fraction of sp³-hybridized carbons (Fsp3) is 0. The number of hydrogen-bond acceptors (Lipinski definition) is 2. The Morgan fingerprint density at radius 3 is 2.62 bits per heavy atom. The van der Waals surface area contributed by atoms with Crippen LogP contribution in [0, 0.1) is 0 Å². The zero-order chi connectivity index (χ0) is 14.2. The van der Waals surface area contributed by atoms with Crippen LogP contribution in [-0.4, -0.2) is 9.97 Å². The molecule has 2 nitrogen and oxygen atoms in total. The fourth-order valence-corrected chi connectivity index (χ4v) is 2.84. The van der Waals surface area contributed by atoms with Crippen molar-refractivity contribution >= 4 is 33.3 Å². The molecule has 0 saturated heterocycles. The lowest BCUT2D eigenvalue weighted by Crippen LogP contribution is -1.90. The van der Waals surface area contributed by atoms with Crippen LogP contribution in [0.2, 0.25) is 5.02 Å². The third-order valence-electron chi connectivity index (χ3n) is 3.60. The standard InChI is InChI=1S/C18H11ClN2/c19-13-5-3-4-12(10-13)18-15-8-9-20-11-16(15)14-6-1-2-7-17(14)21-18/h1-11H. The molecule has 2 heterocycles. The molecule has 0 amide bonds. The Bertz CT molecular complexity index is 963. The zero-order valence-electron chi connectivity index (χ0n) is 11.1. The Balaban J connectivity index is 2.16. The van der Waals surface area contributed by atoms with Gasteiger partial charge in [-0.25, -0.2) is 4.98 Å². The van der Waals surface area contributed by atoms with Crippen molar-refractivity contribution in [3.05, 3.63) is 72.0 Å². The molecule has 0 saturated carbocycles. The lowest BCUT2D eigenvalue weighted by molar-refractivity contribution is 1.35. The van der Waals surface area contributed by atoms with Crippen LogP contribution in [0.3, 0.4) is 0 Å². The van der Waals surface area contributed by atoms with E-state index in [9.17, 15) is 0 Å². The van der Waals surface area contributed by atoms with Gasteiger partial charge in [-0.15, -0.1) is 0 Å². The van der Waals surface area contributed by atoms with Gasteiger partial charge in [0.25, 0.3) is 0 Å². The predicted molar refractivity (Wildman–Crippen MR) is 87.5 cm³/mol. The Hall–Kier alpha value is -2.45. The molecule has 0 bridgehead atoms. The minimum Gasteiger partial charge on any atom is -0.264 e. The SMILES string of the molecule is Clc1cccc(-c2nc3ccccc3c3cnccc23)c1. The van der Waals surface area contributed by atoms with Crippen LogP contribution in [0.15, 0.2) is 67.0 Å². The fourth-order valence-electron chi connectivity index (χ4n) is 2.65. The van der Waals surface area contributed by atoms with Gasteiger partial charge in [-0.05, 0) is 24.3 Å². The van der Waals surface area contributed by atoms with Gasteiger partial charge >= 0.3 is 0 Å². The molecule has 21 heavy (non-hydrogen) atoms. The molecule has 0 atom stereocenters. The van der Waals surface area contributed by atoms with E-state index in [-0.39, 0.29) is 0 Å². The second-order valence-electron chi connectivity index (χ2n) is 4.91. The lowest BCUT2D eigenvalue weighted by atomic mass is 10.0. The van der Waals surface area contributed by atoms with E-state index in [1.165, 1.54) is 0 Å². The molecular weight excluding hydrogens is 280 g/mol. The lowest BCUT2D eigenvalue weighted by Gasteiger charge is -2.09. The summed E-state index contributed by atoms with van der Waals surface area (Å²) >= 11 is 6.12. The maximum absolute atomic E-state index is 6.12. The Morgan fingerprint density at radius 1 is 0.810 bits per heavy atom. The van der Waals surface area contributed by atoms with Gasteiger partial charge in [0, 0.05) is 39.1 Å². The van der Waals surface area contributed by atoms with Crippen LogP contribution in [0.5, 0.6) is 0 Å². The molecule has 0 spiro atoms. The van der Waals surface area contributed by atoms with E-state index in [4.69, 9.17) is 16.6 Å². The first-order chi connectivity index (χ1) is 10.3. The minimum absolute atomic E-state index is 0.713. The summed E-state index contributed by atoms with van der Waals surface area (Å²) in [4.78, 5) is 9.09. The van der Waals surface area contributed by atoms with E-state index in [1.54, 1.807) is 6.20 Å². The molecule has 2 aromatic heterocycles. The molecule has 100 valence electrons. The Morgan fingerprint density at radius 2 is 1.71 bits per heavy atom. The van der Waals surface area contributed by atoms with Crippen LogP contribution in [0.25, 0.3) is 32.9 Å². The number of rotatable bonds is 1. The summed E-state index contributed by atoms with van der Waals surface area (Å²) in [6.45, 7) is 0. The maximum Gasteiger partial charge on any atom is 0.0789 e. The smallest absolute Gasteiger partial charge is 0.0789 e. The van der Waals surface area contributed by atoms with Crippen LogP contribution in [0.1, 0.15) is 0 Å². The molecule has 0 radical (unpaired) electrons. The number of hydrogen-bond donors (Lipinski definition) is 0. The van der Waals surface area contributed by atoms with Crippen molar-refractivity contribution in [1.82, 2.24) is 9.97 Å². The van der Waals surface area contributed by atoms with Crippen LogP contribution in [-0.2, 0) is 0 Å². The van der Waals surface area contributed by atoms with Gasteiger partial charge in [-0.3, -0.25) is 4.98 Å². The first kappa shape index (κ1) is 12.3. The highest BCUT2D eigenvalue weighted by Crippen LogP contribution is 2.32. The number of fused-ring (bicyclic) bond motifs is 3. The topological polar surface area (TPSA) is 25.8 Å². The summed E-state index contributed by atoms with van der Waals surface area (Å²) in [6, 6.07) is 17.9. The molecule has 0 unspecified atom stereocenters. The molecule has 0 fully saturated rings. The number of aromatic nitrogens is 2. The Kier molecular flexibility index (Phi) is 2.83. The average molecular weight is 291 g/mol. The van der Waals surface area contributed by atoms with Gasteiger partial charge in [0.1, 0.15) is 0 Å². The van der Waals surface area contributed by atoms with Gasteiger partial charge in [-0.1, -0.05) is 41.9 Å². The monoisotopic (exact) mass is 290 g/mol. The minimum atomic E-state index is 0.713. The van der Waals surface area contributed by atoms with E-state index in [2.05, 4.69) is 11.1 Å². The van der Waals surface area contributed by atoms with Crippen molar-refractivity contribution < 1.29 is 0 Å². The molecule has 0 aliphatic rings. The summed E-state index contributed by atoms with van der Waals surface area (Å²) < 4.78 is 0. The van der Waals surface area contributed by atoms with E-state index >= 15 is 0 Å². The van der Waals surface area contributed by atoms with Crippen LogP contribution in [0.4, 0.5) is 0 Å². The largest absolute Gasteiger partial charge is 0.264 e. The molecule has 0 aliphatic carbocycles. The normalized spacial score (nSPS) is 11.1. The second-order valence-corrected chi connectivity index (χ2v) is 5.35. The molecule has 0 N–H and O–H groups in total. The van der Waals surface area contributed by atoms with E-state index < -0.39 is 0 Å². The van der Waals surface area contributed by atoms with Crippen molar-refractivity contribution in [2.24, 2.45) is 0 Å². The summed E-state index contributed by atoms with van der Waals surface area (Å²) in [6.07, 6.45) is 3.69. The average Bonchev–Trinajstić information content (AvgIpc) is 2.54. The van der Waals surface area contributed by atoms with E-state index in [0.29, 0.717) is 5.02 Å². The second kappa shape index (κ2) is 4.83. The summed E-state index contributed by atoms with van der Waals surface area (Å²) in [5.74, 6) is 0. The summed E-state index contributed by atoms with van der Waals surface area (Å²) in [5.41, 5.74) is 2.92. The molecular formula is C18H11ClN2. The van der Waals surface area contributed by atoms with Crippen molar-refractivity contribution in [3.8, 4) is 11.3 Å². The number of nitrogens with zero attached hydrogens (tertiary/aromatic N) is 2. The van der Waals surface area contributed by atoms with Crippen LogP contribution >= 0.6 is 11.6 Å². The molecule has 4 aromatic rings. The molecule has 4 rings (SSSR count). The van der Waals surface area contributed by atoms with Gasteiger partial charge < -0.3 is 0 Å². The van der Waals surface area contributed by atoms with E-state index in [1.807, 2.05) is 54.7 Å². The summed E-state index contributed by atoms with van der Waals surface area (Å²) in [7, 11) is 0. The summed E-state index contributed by atoms with van der Waals surface area (Å²) in [5, 5.41) is 4.03. The number of pyridine rings is 2. The third-order valence-corrected chi connectivity index (χ3v) is 3.84. The van der Waals surface area contributed by atoms with Gasteiger partial charge in [-0.2, -0.15) is 0 Å². The zero-order valence-corrected chi connectivity index (χ0v) is 11.9. The maximum atomic E-state index is 6.12. The van der Waals surface area contributed by atoms with Crippen molar-refractivity contribution in [2.45, 2.75) is 0 Å².